The lowest BCUT2D eigenvalue weighted by atomic mass is 9.99. The first kappa shape index (κ1) is 20.7. The van der Waals surface area contributed by atoms with Gasteiger partial charge in [0.25, 0.3) is 5.91 Å². The lowest BCUT2D eigenvalue weighted by molar-refractivity contribution is -0.114. The van der Waals surface area contributed by atoms with E-state index in [1.54, 1.807) is 18.2 Å². The summed E-state index contributed by atoms with van der Waals surface area (Å²) in [5.74, 6) is 0.0798. The van der Waals surface area contributed by atoms with Crippen molar-refractivity contribution in [3.8, 4) is 22.6 Å². The van der Waals surface area contributed by atoms with Gasteiger partial charge in [-0.1, -0.05) is 77.6 Å². The van der Waals surface area contributed by atoms with Gasteiger partial charge in [-0.3, -0.25) is 4.79 Å². The number of halogens is 3. The molecule has 0 unspecified atom stereocenters. The largest absolute Gasteiger partial charge is 0.356 e. The second-order valence-electron chi connectivity index (χ2n) is 6.32. The van der Waals surface area contributed by atoms with Gasteiger partial charge in [-0.15, -0.1) is 0 Å². The number of amides is 1. The van der Waals surface area contributed by atoms with E-state index in [0.29, 0.717) is 22.2 Å². The average Bonchev–Trinajstić information content (AvgIpc) is 3.16. The molecule has 0 aliphatic rings. The summed E-state index contributed by atoms with van der Waals surface area (Å²) in [6.07, 6.45) is 3.09. The number of aromatic nitrogens is 1. The van der Waals surface area contributed by atoms with Crippen LogP contribution in [-0.4, -0.2) is 15.9 Å². The molecular weight excluding hydrogens is 419 g/mol. The standard InChI is InChI=1S/C21H19Cl3N2O2/c1-2-3-6-13-7-5-10-16(22)19(13)17-12-18(28-26-17)14-8-4-9-15(11-14)25-21(27)20(23)24/h4-5,7-12,20H,2-3,6H2,1H3,(H,25,27). The fourth-order valence-corrected chi connectivity index (χ4v) is 3.31. The highest BCUT2D eigenvalue weighted by Crippen LogP contribution is 2.34. The minimum atomic E-state index is -1.14. The average molecular weight is 438 g/mol. The third-order valence-corrected chi connectivity index (χ3v) is 4.99. The summed E-state index contributed by atoms with van der Waals surface area (Å²) in [7, 11) is 0. The van der Waals surface area contributed by atoms with Crippen molar-refractivity contribution >= 4 is 46.4 Å². The molecule has 0 aliphatic carbocycles. The molecular formula is C21H19Cl3N2O2. The fraction of sp³-hybridized carbons (Fsp3) is 0.238. The summed E-state index contributed by atoms with van der Waals surface area (Å²) in [4.78, 5) is 10.5. The molecule has 0 fully saturated rings. The van der Waals surface area contributed by atoms with Crippen molar-refractivity contribution in [3.05, 3.63) is 59.1 Å². The van der Waals surface area contributed by atoms with Crippen LogP contribution < -0.4 is 5.32 Å². The molecule has 146 valence electrons. The number of nitrogens with one attached hydrogen (secondary N) is 1. The summed E-state index contributed by atoms with van der Waals surface area (Å²) >= 11 is 17.6. The van der Waals surface area contributed by atoms with E-state index in [-0.39, 0.29) is 0 Å². The van der Waals surface area contributed by atoms with Gasteiger partial charge < -0.3 is 9.84 Å². The molecule has 0 spiro atoms. The maximum atomic E-state index is 11.7. The van der Waals surface area contributed by atoms with Crippen LogP contribution in [0.25, 0.3) is 22.6 Å². The molecule has 4 nitrogen and oxygen atoms in total. The Hall–Kier alpha value is -2.01. The van der Waals surface area contributed by atoms with E-state index in [2.05, 4.69) is 23.5 Å². The molecule has 3 rings (SSSR count). The number of aryl methyl sites for hydroxylation is 1. The van der Waals surface area contributed by atoms with Gasteiger partial charge in [0.2, 0.25) is 0 Å². The first-order chi connectivity index (χ1) is 13.5. The smallest absolute Gasteiger partial charge is 0.257 e. The molecule has 0 saturated carbocycles. The Balaban J connectivity index is 1.90. The van der Waals surface area contributed by atoms with E-state index >= 15 is 0 Å². The van der Waals surface area contributed by atoms with Gasteiger partial charge in [0.1, 0.15) is 5.69 Å². The zero-order valence-electron chi connectivity index (χ0n) is 15.2. The number of carbonyl (C=O) groups excluding carboxylic acids is 1. The molecule has 7 heteroatoms. The van der Waals surface area contributed by atoms with Crippen molar-refractivity contribution < 1.29 is 9.32 Å². The number of unbranched alkanes of at least 4 members (excludes halogenated alkanes) is 1. The van der Waals surface area contributed by atoms with Gasteiger partial charge in [-0.05, 0) is 36.6 Å². The second-order valence-corrected chi connectivity index (χ2v) is 7.83. The number of hydrogen-bond donors (Lipinski definition) is 1. The normalized spacial score (nSPS) is 11.0. The van der Waals surface area contributed by atoms with E-state index in [1.165, 1.54) is 0 Å². The van der Waals surface area contributed by atoms with Crippen LogP contribution in [0.3, 0.4) is 0 Å². The van der Waals surface area contributed by atoms with Crippen LogP contribution in [0.2, 0.25) is 5.02 Å². The zero-order chi connectivity index (χ0) is 20.1. The van der Waals surface area contributed by atoms with E-state index in [4.69, 9.17) is 39.3 Å². The predicted molar refractivity (Wildman–Crippen MR) is 115 cm³/mol. The fourth-order valence-electron chi connectivity index (χ4n) is 2.91. The topological polar surface area (TPSA) is 55.1 Å². The van der Waals surface area contributed by atoms with Crippen LogP contribution >= 0.6 is 34.8 Å². The number of nitrogens with zero attached hydrogens (tertiary/aromatic N) is 1. The highest BCUT2D eigenvalue weighted by Gasteiger charge is 2.16. The molecule has 0 saturated heterocycles. The molecule has 0 bridgehead atoms. The first-order valence-electron chi connectivity index (χ1n) is 8.93. The minimum Gasteiger partial charge on any atom is -0.356 e. The highest BCUT2D eigenvalue weighted by molar-refractivity contribution is 6.54. The highest BCUT2D eigenvalue weighted by atomic mass is 35.5. The van der Waals surface area contributed by atoms with E-state index in [0.717, 1.165) is 36.0 Å². The summed E-state index contributed by atoms with van der Waals surface area (Å²) in [6, 6.07) is 14.9. The summed E-state index contributed by atoms with van der Waals surface area (Å²) < 4.78 is 5.55. The predicted octanol–water partition coefficient (Wildman–Crippen LogP) is 6.75. The Labute approximate surface area is 178 Å². The molecule has 0 atom stereocenters. The molecule has 1 heterocycles. The molecule has 1 aromatic heterocycles. The summed E-state index contributed by atoms with van der Waals surface area (Å²) in [6.45, 7) is 2.15. The van der Waals surface area contributed by atoms with Gasteiger partial charge in [-0.25, -0.2) is 0 Å². The lowest BCUT2D eigenvalue weighted by Gasteiger charge is -2.08. The molecule has 1 N–H and O–H groups in total. The van der Waals surface area contributed by atoms with Gasteiger partial charge in [0.05, 0.1) is 5.02 Å². The van der Waals surface area contributed by atoms with Crippen molar-refractivity contribution in [1.29, 1.82) is 0 Å². The van der Waals surface area contributed by atoms with E-state index in [1.807, 2.05) is 24.3 Å². The van der Waals surface area contributed by atoms with Crippen molar-refractivity contribution in [1.82, 2.24) is 5.16 Å². The summed E-state index contributed by atoms with van der Waals surface area (Å²) in [5, 5.41) is 7.51. The van der Waals surface area contributed by atoms with Crippen molar-refractivity contribution in [3.63, 3.8) is 0 Å². The first-order valence-corrected chi connectivity index (χ1v) is 10.2. The van der Waals surface area contributed by atoms with Crippen LogP contribution in [0.15, 0.2) is 53.1 Å². The van der Waals surface area contributed by atoms with Crippen molar-refractivity contribution in [2.24, 2.45) is 0 Å². The van der Waals surface area contributed by atoms with Crippen molar-refractivity contribution in [2.75, 3.05) is 5.32 Å². The van der Waals surface area contributed by atoms with E-state index < -0.39 is 10.7 Å². The Morgan fingerprint density at radius 1 is 1.18 bits per heavy atom. The Bertz CT molecular complexity index is 970. The number of benzene rings is 2. The maximum Gasteiger partial charge on any atom is 0.257 e. The summed E-state index contributed by atoms with van der Waals surface area (Å²) in [5.41, 5.74) is 4.05. The molecule has 0 aliphatic heterocycles. The molecule has 3 aromatic rings. The third-order valence-electron chi connectivity index (χ3n) is 4.28. The van der Waals surface area contributed by atoms with Gasteiger partial charge in [0.15, 0.2) is 10.6 Å². The molecule has 28 heavy (non-hydrogen) atoms. The maximum absolute atomic E-state index is 11.7. The van der Waals surface area contributed by atoms with Crippen molar-refractivity contribution in [2.45, 2.75) is 31.0 Å². The van der Waals surface area contributed by atoms with Crippen LogP contribution in [0, 0.1) is 0 Å². The Kier molecular flexibility index (Phi) is 7.00. The van der Waals surface area contributed by atoms with Crippen LogP contribution in [0.1, 0.15) is 25.3 Å². The van der Waals surface area contributed by atoms with Gasteiger partial charge in [-0.2, -0.15) is 0 Å². The number of hydrogen-bond acceptors (Lipinski definition) is 3. The molecule has 0 radical (unpaired) electrons. The second kappa shape index (κ2) is 9.46. The van der Waals surface area contributed by atoms with Crippen LogP contribution in [0.5, 0.6) is 0 Å². The monoisotopic (exact) mass is 436 g/mol. The quantitative estimate of drug-likeness (QED) is 0.416. The number of carbonyl (C=O) groups is 1. The van der Waals surface area contributed by atoms with Crippen LogP contribution in [-0.2, 0) is 11.2 Å². The Morgan fingerprint density at radius 3 is 2.71 bits per heavy atom. The Morgan fingerprint density at radius 2 is 1.96 bits per heavy atom. The third kappa shape index (κ3) is 4.88. The van der Waals surface area contributed by atoms with E-state index in [9.17, 15) is 4.79 Å². The SMILES string of the molecule is CCCCc1cccc(Cl)c1-c1cc(-c2cccc(NC(=O)C(Cl)Cl)c2)on1. The van der Waals surface area contributed by atoms with Gasteiger partial charge in [0, 0.05) is 22.9 Å². The van der Waals surface area contributed by atoms with Gasteiger partial charge >= 0.3 is 0 Å². The number of rotatable bonds is 7. The lowest BCUT2D eigenvalue weighted by Crippen LogP contribution is -2.18. The number of anilines is 1. The molecule has 1 amide bonds. The zero-order valence-corrected chi connectivity index (χ0v) is 17.5. The minimum absolute atomic E-state index is 0.490. The molecule has 2 aromatic carbocycles. The number of alkyl halides is 2. The van der Waals surface area contributed by atoms with Crippen LogP contribution in [0.4, 0.5) is 5.69 Å².